The van der Waals surface area contributed by atoms with Gasteiger partial charge in [-0.2, -0.15) is 0 Å². The molecule has 0 aliphatic heterocycles. The largest absolute Gasteiger partial charge is 0.455 e. The summed E-state index contributed by atoms with van der Waals surface area (Å²) in [6.07, 6.45) is 0. The van der Waals surface area contributed by atoms with E-state index in [9.17, 15) is 0 Å². The Bertz CT molecular complexity index is 4150. The SMILES string of the molecule is CC1(C)c2ccccc2-c2ccc(-c3cccc(N(c4ccc5c(oc6ccccc65)c4-c4cccc(-n5c6ccccc6c6ccccc65)c4)c4cc5ccccc5c5ccccc45)c3)cc21. The van der Waals surface area contributed by atoms with Gasteiger partial charge in [0.15, 0.2) is 0 Å². The average molecular weight is 869 g/mol. The first-order valence-corrected chi connectivity index (χ1v) is 23.6. The first kappa shape index (κ1) is 38.6. The van der Waals surface area contributed by atoms with Gasteiger partial charge < -0.3 is 13.9 Å². The highest BCUT2D eigenvalue weighted by Gasteiger charge is 2.35. The number of fused-ring (bicyclic) bond motifs is 12. The second-order valence-corrected chi connectivity index (χ2v) is 18.8. The van der Waals surface area contributed by atoms with E-state index >= 15 is 0 Å². The third-order valence-electron chi connectivity index (χ3n) is 14.7. The molecule has 0 spiro atoms. The lowest BCUT2D eigenvalue weighted by Crippen LogP contribution is -2.15. The molecule has 3 nitrogen and oxygen atoms in total. The highest BCUT2D eigenvalue weighted by atomic mass is 16.3. The second kappa shape index (κ2) is 14.7. The fraction of sp³-hybridized carbons (Fsp3) is 0.0462. The molecule has 0 fully saturated rings. The third-order valence-corrected chi connectivity index (χ3v) is 14.7. The van der Waals surface area contributed by atoms with E-state index in [1.807, 2.05) is 0 Å². The highest BCUT2D eigenvalue weighted by Crippen LogP contribution is 2.52. The Kier molecular flexibility index (Phi) is 8.33. The van der Waals surface area contributed by atoms with Gasteiger partial charge in [-0.05, 0) is 122 Å². The standard InChI is InChI=1S/C65H44N2O/c1-65(2)56-29-11-7-24-49(56)50-34-33-42(39-57(50)65)41-18-15-20-45(37-41)67(61-40-43-17-3-4-22-47(43)48-23-5-6-25-51(48)61)60-36-35-55-54-28-10-14-32-62(54)68-64(55)63(60)44-19-16-21-46(38-44)66-58-30-12-8-26-52(58)53-27-9-13-31-59(53)66/h3-40H,1-2H3. The summed E-state index contributed by atoms with van der Waals surface area (Å²) in [6.45, 7) is 4.72. The number of nitrogens with zero attached hydrogens (tertiary/aromatic N) is 2. The van der Waals surface area contributed by atoms with Crippen molar-refractivity contribution in [3.8, 4) is 39.1 Å². The van der Waals surface area contributed by atoms with Gasteiger partial charge in [-0.15, -0.1) is 0 Å². The van der Waals surface area contributed by atoms with Crippen LogP contribution >= 0.6 is 0 Å². The minimum atomic E-state index is -0.111. The number of aromatic nitrogens is 1. The van der Waals surface area contributed by atoms with E-state index in [0.717, 1.165) is 61.4 Å². The molecule has 0 unspecified atom stereocenters. The number of rotatable bonds is 6. The number of hydrogen-bond acceptors (Lipinski definition) is 2. The van der Waals surface area contributed by atoms with Crippen LogP contribution in [-0.2, 0) is 5.41 Å². The van der Waals surface area contributed by atoms with E-state index in [4.69, 9.17) is 4.42 Å². The van der Waals surface area contributed by atoms with Gasteiger partial charge in [0.05, 0.1) is 22.4 Å². The van der Waals surface area contributed by atoms with Crippen LogP contribution in [0.3, 0.4) is 0 Å². The molecule has 0 radical (unpaired) electrons. The van der Waals surface area contributed by atoms with Crippen molar-refractivity contribution < 1.29 is 4.42 Å². The Labute approximate surface area is 394 Å². The van der Waals surface area contributed by atoms with Crippen molar-refractivity contribution in [3.05, 3.63) is 242 Å². The molecule has 0 saturated carbocycles. The Morgan fingerprint density at radius 1 is 0.397 bits per heavy atom. The zero-order chi connectivity index (χ0) is 45.1. The van der Waals surface area contributed by atoms with Crippen molar-refractivity contribution in [1.29, 1.82) is 0 Å². The number of benzene rings is 11. The van der Waals surface area contributed by atoms with Gasteiger partial charge >= 0.3 is 0 Å². The predicted molar refractivity (Wildman–Crippen MR) is 286 cm³/mol. The minimum Gasteiger partial charge on any atom is -0.455 e. The smallest absolute Gasteiger partial charge is 0.145 e. The van der Waals surface area contributed by atoms with Gasteiger partial charge in [0, 0.05) is 49.3 Å². The molecule has 1 aliphatic carbocycles. The zero-order valence-electron chi connectivity index (χ0n) is 37.7. The van der Waals surface area contributed by atoms with Crippen LogP contribution in [0.25, 0.3) is 104 Å². The summed E-state index contributed by atoms with van der Waals surface area (Å²) >= 11 is 0. The number of hydrogen-bond donors (Lipinski definition) is 0. The van der Waals surface area contributed by atoms with E-state index in [0.29, 0.717) is 0 Å². The number of furan rings is 1. The fourth-order valence-corrected chi connectivity index (χ4v) is 11.6. The molecule has 320 valence electrons. The van der Waals surface area contributed by atoms with Gasteiger partial charge in [-0.1, -0.05) is 178 Å². The molecule has 0 atom stereocenters. The molecule has 14 rings (SSSR count). The molecule has 0 amide bonds. The van der Waals surface area contributed by atoms with Gasteiger partial charge in [0.25, 0.3) is 0 Å². The maximum absolute atomic E-state index is 7.08. The molecular formula is C65H44N2O. The summed E-state index contributed by atoms with van der Waals surface area (Å²) in [5, 5.41) is 9.45. The maximum Gasteiger partial charge on any atom is 0.145 e. The van der Waals surface area contributed by atoms with Crippen molar-refractivity contribution >= 4 is 82.4 Å². The Morgan fingerprint density at radius 3 is 1.85 bits per heavy atom. The van der Waals surface area contributed by atoms with Crippen LogP contribution in [0.5, 0.6) is 0 Å². The van der Waals surface area contributed by atoms with Crippen LogP contribution in [0.4, 0.5) is 17.1 Å². The Morgan fingerprint density at radius 2 is 1.03 bits per heavy atom. The molecular weight excluding hydrogens is 825 g/mol. The van der Waals surface area contributed by atoms with Gasteiger partial charge in [-0.25, -0.2) is 0 Å². The van der Waals surface area contributed by atoms with Crippen molar-refractivity contribution in [2.24, 2.45) is 0 Å². The lowest BCUT2D eigenvalue weighted by Gasteiger charge is -2.30. The normalized spacial score (nSPS) is 13.0. The highest BCUT2D eigenvalue weighted by molar-refractivity contribution is 6.18. The lowest BCUT2D eigenvalue weighted by atomic mass is 9.81. The molecule has 68 heavy (non-hydrogen) atoms. The van der Waals surface area contributed by atoms with Gasteiger partial charge in [0.2, 0.25) is 0 Å². The Balaban J connectivity index is 1.05. The van der Waals surface area contributed by atoms with Crippen LogP contribution < -0.4 is 4.90 Å². The zero-order valence-corrected chi connectivity index (χ0v) is 37.7. The van der Waals surface area contributed by atoms with Crippen LogP contribution in [0.1, 0.15) is 25.0 Å². The topological polar surface area (TPSA) is 21.3 Å². The van der Waals surface area contributed by atoms with Crippen LogP contribution in [0.15, 0.2) is 235 Å². The molecule has 3 heteroatoms. The first-order chi connectivity index (χ1) is 33.5. The summed E-state index contributed by atoms with van der Waals surface area (Å²) in [4.78, 5) is 2.49. The van der Waals surface area contributed by atoms with E-state index < -0.39 is 0 Å². The van der Waals surface area contributed by atoms with Crippen molar-refractivity contribution in [1.82, 2.24) is 4.57 Å². The Hall–Kier alpha value is -8.66. The van der Waals surface area contributed by atoms with Gasteiger partial charge in [-0.3, -0.25) is 0 Å². The van der Waals surface area contributed by atoms with Crippen LogP contribution in [0, 0.1) is 0 Å². The molecule has 1 aliphatic rings. The van der Waals surface area contributed by atoms with Crippen LogP contribution in [-0.4, -0.2) is 4.57 Å². The summed E-state index contributed by atoms with van der Waals surface area (Å²) < 4.78 is 9.48. The molecule has 2 heterocycles. The van der Waals surface area contributed by atoms with E-state index in [1.165, 1.54) is 71.2 Å². The molecule has 2 aromatic heterocycles. The quantitative estimate of drug-likeness (QED) is 0.155. The van der Waals surface area contributed by atoms with Crippen molar-refractivity contribution in [2.75, 3.05) is 4.90 Å². The summed E-state index contributed by atoms with van der Waals surface area (Å²) in [5.41, 5.74) is 18.1. The summed E-state index contributed by atoms with van der Waals surface area (Å²) in [5.74, 6) is 0. The van der Waals surface area contributed by atoms with E-state index in [-0.39, 0.29) is 5.41 Å². The molecule has 13 aromatic rings. The molecule has 0 saturated heterocycles. The second-order valence-electron chi connectivity index (χ2n) is 18.8. The van der Waals surface area contributed by atoms with Crippen LogP contribution in [0.2, 0.25) is 0 Å². The van der Waals surface area contributed by atoms with Gasteiger partial charge in [0.1, 0.15) is 11.2 Å². The van der Waals surface area contributed by atoms with E-state index in [1.54, 1.807) is 0 Å². The van der Waals surface area contributed by atoms with Crippen molar-refractivity contribution in [2.45, 2.75) is 19.3 Å². The maximum atomic E-state index is 7.08. The predicted octanol–water partition coefficient (Wildman–Crippen LogP) is 18.1. The molecule has 11 aromatic carbocycles. The molecule has 0 bridgehead atoms. The first-order valence-electron chi connectivity index (χ1n) is 23.6. The number of anilines is 3. The molecule has 0 N–H and O–H groups in total. The summed E-state index contributed by atoms with van der Waals surface area (Å²) in [7, 11) is 0. The minimum absolute atomic E-state index is 0.111. The number of para-hydroxylation sites is 3. The van der Waals surface area contributed by atoms with E-state index in [2.05, 4.69) is 254 Å². The van der Waals surface area contributed by atoms with Crippen molar-refractivity contribution in [3.63, 3.8) is 0 Å². The monoisotopic (exact) mass is 868 g/mol. The lowest BCUT2D eigenvalue weighted by molar-refractivity contribution is 0.660. The third kappa shape index (κ3) is 5.66. The summed E-state index contributed by atoms with van der Waals surface area (Å²) in [6, 6.07) is 84.6. The average Bonchev–Trinajstić information content (AvgIpc) is 4.02. The fourth-order valence-electron chi connectivity index (χ4n) is 11.6.